The van der Waals surface area contributed by atoms with Crippen LogP contribution in [0.2, 0.25) is 0 Å². The first-order valence-electron chi connectivity index (χ1n) is 9.08. The van der Waals surface area contributed by atoms with Crippen LogP contribution in [0.3, 0.4) is 0 Å². The number of hydrogen-bond acceptors (Lipinski definition) is 6. The number of H-pyrrole nitrogens is 2. The fraction of sp³-hybridized carbons (Fsp3) is 0. The van der Waals surface area contributed by atoms with Crippen LogP contribution in [0.1, 0.15) is 0 Å². The number of hydrogen-bond donors (Lipinski definition) is 2. The maximum Gasteiger partial charge on any atom is 0.160 e. The maximum atomic E-state index is 14.8. The van der Waals surface area contributed by atoms with Gasteiger partial charge in [-0.25, -0.2) is 24.3 Å². The lowest BCUT2D eigenvalue weighted by molar-refractivity contribution is 0.568. The van der Waals surface area contributed by atoms with Crippen molar-refractivity contribution < 1.29 is 8.81 Å². The fourth-order valence-electron chi connectivity index (χ4n) is 3.55. The van der Waals surface area contributed by atoms with Crippen molar-refractivity contribution in [2.24, 2.45) is 0 Å². The van der Waals surface area contributed by atoms with E-state index in [1.54, 1.807) is 31.1 Å². The lowest BCUT2D eigenvalue weighted by Gasteiger charge is -2.02. The van der Waals surface area contributed by atoms with E-state index in [-0.39, 0.29) is 0 Å². The Morgan fingerprint density at radius 2 is 1.90 bits per heavy atom. The van der Waals surface area contributed by atoms with Crippen molar-refractivity contribution in [2.75, 3.05) is 0 Å². The standard InChI is InChI=1S/C21H12FN7O/c22-16-6-12(13-7-23-10-24-8-13)5-15-17(16)28-29-19(15)21-26-18-14(11-2-4-30-9-11)1-3-25-20(18)27-21/h1-10H,(H,28,29)(H,25,26,27). The molecule has 0 amide bonds. The normalized spacial score (nSPS) is 11.5. The Morgan fingerprint density at radius 1 is 1.00 bits per heavy atom. The van der Waals surface area contributed by atoms with Crippen LogP contribution in [0.15, 0.2) is 66.1 Å². The van der Waals surface area contributed by atoms with Crippen LogP contribution in [-0.4, -0.2) is 35.1 Å². The molecule has 0 aliphatic carbocycles. The highest BCUT2D eigenvalue weighted by Crippen LogP contribution is 2.33. The Kier molecular flexibility index (Phi) is 3.48. The van der Waals surface area contributed by atoms with E-state index in [1.807, 2.05) is 18.2 Å². The molecule has 6 aromatic rings. The third-order valence-electron chi connectivity index (χ3n) is 4.96. The smallest absolute Gasteiger partial charge is 0.160 e. The van der Waals surface area contributed by atoms with E-state index >= 15 is 0 Å². The quantitative estimate of drug-likeness (QED) is 0.459. The number of pyridine rings is 1. The summed E-state index contributed by atoms with van der Waals surface area (Å²) in [6, 6.07) is 7.00. The Balaban J connectivity index is 1.56. The predicted octanol–water partition coefficient (Wildman–Crippen LogP) is 4.36. The summed E-state index contributed by atoms with van der Waals surface area (Å²) in [6.07, 6.45) is 9.65. The molecule has 5 heterocycles. The van der Waals surface area contributed by atoms with Crippen LogP contribution in [0.4, 0.5) is 4.39 Å². The molecule has 8 nitrogen and oxygen atoms in total. The van der Waals surface area contributed by atoms with Gasteiger partial charge in [0.25, 0.3) is 0 Å². The number of benzene rings is 1. The monoisotopic (exact) mass is 397 g/mol. The van der Waals surface area contributed by atoms with Gasteiger partial charge in [0.15, 0.2) is 11.5 Å². The molecule has 0 aliphatic rings. The zero-order valence-corrected chi connectivity index (χ0v) is 15.3. The van der Waals surface area contributed by atoms with E-state index in [9.17, 15) is 4.39 Å². The molecule has 0 fully saturated rings. The Hall–Kier alpha value is -4.40. The summed E-state index contributed by atoms with van der Waals surface area (Å²) < 4.78 is 19.9. The molecular weight excluding hydrogens is 385 g/mol. The van der Waals surface area contributed by atoms with Crippen molar-refractivity contribution in [1.82, 2.24) is 35.1 Å². The Bertz CT molecular complexity index is 1500. The molecule has 144 valence electrons. The van der Waals surface area contributed by atoms with Gasteiger partial charge >= 0.3 is 0 Å². The summed E-state index contributed by atoms with van der Waals surface area (Å²) in [5.74, 6) is 0.0685. The first kappa shape index (κ1) is 16.5. The number of imidazole rings is 1. The molecule has 30 heavy (non-hydrogen) atoms. The van der Waals surface area contributed by atoms with Gasteiger partial charge in [-0.3, -0.25) is 5.10 Å². The van der Waals surface area contributed by atoms with Gasteiger partial charge in [-0.1, -0.05) is 0 Å². The highest BCUT2D eigenvalue weighted by Gasteiger charge is 2.18. The Labute approximate surface area is 167 Å². The van der Waals surface area contributed by atoms with Gasteiger partial charge in [0.1, 0.15) is 28.9 Å². The van der Waals surface area contributed by atoms with Gasteiger partial charge in [-0.05, 0) is 29.8 Å². The zero-order chi connectivity index (χ0) is 20.1. The number of halogens is 1. The number of rotatable bonds is 3. The average Bonchev–Trinajstić information content (AvgIpc) is 3.52. The van der Waals surface area contributed by atoms with Crippen molar-refractivity contribution in [3.63, 3.8) is 0 Å². The van der Waals surface area contributed by atoms with E-state index in [2.05, 4.69) is 30.1 Å². The number of furan rings is 1. The minimum absolute atomic E-state index is 0.300. The number of fused-ring (bicyclic) bond motifs is 2. The predicted molar refractivity (Wildman–Crippen MR) is 108 cm³/mol. The van der Waals surface area contributed by atoms with Crippen molar-refractivity contribution in [2.45, 2.75) is 0 Å². The van der Waals surface area contributed by atoms with E-state index in [4.69, 9.17) is 9.40 Å². The lowest BCUT2D eigenvalue weighted by atomic mass is 10.1. The lowest BCUT2D eigenvalue weighted by Crippen LogP contribution is -1.86. The molecule has 0 spiro atoms. The van der Waals surface area contributed by atoms with E-state index in [1.165, 1.54) is 12.4 Å². The topological polar surface area (TPSA) is 109 Å². The summed E-state index contributed by atoms with van der Waals surface area (Å²) in [5.41, 5.74) is 5.21. The molecule has 2 N–H and O–H groups in total. The molecule has 0 bridgehead atoms. The van der Waals surface area contributed by atoms with Crippen LogP contribution in [0.5, 0.6) is 0 Å². The summed E-state index contributed by atoms with van der Waals surface area (Å²) in [6.45, 7) is 0. The number of aromatic nitrogens is 7. The number of nitrogens with zero attached hydrogens (tertiary/aromatic N) is 5. The van der Waals surface area contributed by atoms with Crippen molar-refractivity contribution >= 4 is 22.1 Å². The van der Waals surface area contributed by atoms with Crippen LogP contribution in [0, 0.1) is 5.82 Å². The second-order valence-corrected chi connectivity index (χ2v) is 6.73. The van der Waals surface area contributed by atoms with Crippen LogP contribution in [0.25, 0.3) is 55.8 Å². The largest absolute Gasteiger partial charge is 0.472 e. The first-order chi connectivity index (χ1) is 14.8. The van der Waals surface area contributed by atoms with E-state index < -0.39 is 5.82 Å². The maximum absolute atomic E-state index is 14.8. The van der Waals surface area contributed by atoms with Crippen molar-refractivity contribution in [3.05, 3.63) is 67.5 Å². The zero-order valence-electron chi connectivity index (χ0n) is 15.3. The van der Waals surface area contributed by atoms with Crippen LogP contribution < -0.4 is 0 Å². The molecule has 0 unspecified atom stereocenters. The summed E-state index contributed by atoms with van der Waals surface area (Å²) >= 11 is 0. The van der Waals surface area contributed by atoms with Crippen molar-refractivity contribution in [1.29, 1.82) is 0 Å². The second-order valence-electron chi connectivity index (χ2n) is 6.73. The van der Waals surface area contributed by atoms with Crippen LogP contribution >= 0.6 is 0 Å². The molecule has 0 atom stereocenters. The number of nitrogens with one attached hydrogen (secondary N) is 2. The fourth-order valence-corrected chi connectivity index (χ4v) is 3.55. The third kappa shape index (κ3) is 2.49. The minimum atomic E-state index is -0.418. The molecule has 5 aromatic heterocycles. The second kappa shape index (κ2) is 6.31. The van der Waals surface area contributed by atoms with Gasteiger partial charge in [0, 0.05) is 40.7 Å². The van der Waals surface area contributed by atoms with Gasteiger partial charge in [-0.15, -0.1) is 0 Å². The highest BCUT2D eigenvalue weighted by molar-refractivity contribution is 5.97. The van der Waals surface area contributed by atoms with E-state index in [0.717, 1.165) is 11.1 Å². The third-order valence-corrected chi connectivity index (χ3v) is 4.96. The van der Waals surface area contributed by atoms with Crippen LogP contribution in [-0.2, 0) is 0 Å². The van der Waals surface area contributed by atoms with Gasteiger partial charge in [0.2, 0.25) is 0 Å². The molecule has 0 aliphatic heterocycles. The SMILES string of the molecule is Fc1cc(-c2cncnc2)cc2c(-c3nc4c(-c5ccoc5)ccnc4[nH]3)n[nH]c12. The molecule has 0 saturated heterocycles. The Morgan fingerprint density at radius 3 is 2.73 bits per heavy atom. The minimum Gasteiger partial charge on any atom is -0.472 e. The molecule has 0 radical (unpaired) electrons. The van der Waals surface area contributed by atoms with Gasteiger partial charge < -0.3 is 9.40 Å². The van der Waals surface area contributed by atoms with Gasteiger partial charge in [-0.2, -0.15) is 5.10 Å². The summed E-state index contributed by atoms with van der Waals surface area (Å²) in [5, 5.41) is 7.68. The molecule has 9 heteroatoms. The number of aromatic amines is 2. The average molecular weight is 397 g/mol. The molecule has 6 rings (SSSR count). The highest BCUT2D eigenvalue weighted by atomic mass is 19.1. The molecule has 1 aromatic carbocycles. The van der Waals surface area contributed by atoms with Crippen molar-refractivity contribution in [3.8, 4) is 33.8 Å². The van der Waals surface area contributed by atoms with Gasteiger partial charge in [0.05, 0.1) is 12.5 Å². The molecule has 0 saturated carbocycles. The van der Waals surface area contributed by atoms with E-state index in [0.29, 0.717) is 44.7 Å². The molecular formula is C21H12FN7O. The first-order valence-corrected chi connectivity index (χ1v) is 9.08. The summed E-state index contributed by atoms with van der Waals surface area (Å²) in [7, 11) is 0. The summed E-state index contributed by atoms with van der Waals surface area (Å²) in [4.78, 5) is 20.3.